The molecule has 3 aromatic carbocycles. The zero-order valence-corrected chi connectivity index (χ0v) is 22.3. The Kier molecular flexibility index (Phi) is 9.73. The van der Waals surface area contributed by atoms with Crippen molar-refractivity contribution in [3.05, 3.63) is 95.6 Å². The summed E-state index contributed by atoms with van der Waals surface area (Å²) in [6, 6.07) is 22.3. The molecule has 7 nitrogen and oxygen atoms in total. The number of amides is 1. The number of carbonyl (C=O) groups is 3. The summed E-state index contributed by atoms with van der Waals surface area (Å²) in [5, 5.41) is 15.9. The third-order valence-corrected chi connectivity index (χ3v) is 6.92. The molecule has 0 aromatic heterocycles. The van der Waals surface area contributed by atoms with Gasteiger partial charge in [-0.2, -0.15) is 0 Å². The number of carboxylic acid groups (broad SMARTS) is 1. The zero-order valence-electron chi connectivity index (χ0n) is 22.3. The zero-order chi connectivity index (χ0) is 27.6. The number of hydrogen-bond acceptors (Lipinski definition) is 5. The van der Waals surface area contributed by atoms with E-state index < -0.39 is 12.0 Å². The van der Waals surface area contributed by atoms with Crippen LogP contribution in [0.3, 0.4) is 0 Å². The Balaban J connectivity index is 1.27. The van der Waals surface area contributed by atoms with Gasteiger partial charge in [0.1, 0.15) is 11.8 Å². The number of ketones is 1. The van der Waals surface area contributed by atoms with Crippen LogP contribution in [-0.2, 0) is 16.0 Å². The summed E-state index contributed by atoms with van der Waals surface area (Å²) in [4.78, 5) is 37.2. The first-order chi connectivity index (χ1) is 18.9. The van der Waals surface area contributed by atoms with E-state index in [9.17, 15) is 19.5 Å². The van der Waals surface area contributed by atoms with Gasteiger partial charge < -0.3 is 20.5 Å². The van der Waals surface area contributed by atoms with Crippen molar-refractivity contribution in [1.82, 2.24) is 5.32 Å². The minimum atomic E-state index is -1.01. The molecule has 3 N–H and O–H groups in total. The van der Waals surface area contributed by atoms with Gasteiger partial charge in [-0.25, -0.2) is 4.79 Å². The number of anilines is 1. The molecule has 1 aliphatic carbocycles. The van der Waals surface area contributed by atoms with Gasteiger partial charge >= 0.3 is 5.97 Å². The van der Waals surface area contributed by atoms with Crippen LogP contribution in [0.15, 0.2) is 78.9 Å². The first kappa shape index (κ1) is 27.9. The van der Waals surface area contributed by atoms with Crippen LogP contribution in [0.5, 0.6) is 5.75 Å². The first-order valence-corrected chi connectivity index (χ1v) is 13.6. The number of carboxylic acids is 1. The largest absolute Gasteiger partial charge is 0.494 e. The van der Waals surface area contributed by atoms with Gasteiger partial charge in [0.15, 0.2) is 5.78 Å². The smallest absolute Gasteiger partial charge is 0.326 e. The molecule has 1 amide bonds. The third kappa shape index (κ3) is 8.43. The van der Waals surface area contributed by atoms with E-state index >= 15 is 0 Å². The van der Waals surface area contributed by atoms with Crippen LogP contribution in [0.2, 0.25) is 0 Å². The Morgan fingerprint density at radius 1 is 0.949 bits per heavy atom. The van der Waals surface area contributed by atoms with Gasteiger partial charge in [-0.15, -0.1) is 0 Å². The van der Waals surface area contributed by atoms with Crippen LogP contribution in [0.25, 0.3) is 0 Å². The number of rotatable bonds is 15. The van der Waals surface area contributed by atoms with Crippen molar-refractivity contribution in [2.24, 2.45) is 11.8 Å². The molecule has 1 saturated carbocycles. The predicted molar refractivity (Wildman–Crippen MR) is 151 cm³/mol. The van der Waals surface area contributed by atoms with Crippen molar-refractivity contribution in [1.29, 1.82) is 0 Å². The maximum absolute atomic E-state index is 13.0. The van der Waals surface area contributed by atoms with Gasteiger partial charge in [0.05, 0.1) is 6.61 Å². The second-order valence-corrected chi connectivity index (χ2v) is 10.2. The molecule has 2 unspecified atom stereocenters. The number of benzene rings is 3. The molecule has 39 heavy (non-hydrogen) atoms. The Morgan fingerprint density at radius 3 is 2.33 bits per heavy atom. The highest BCUT2D eigenvalue weighted by molar-refractivity contribution is 6.12. The minimum Gasteiger partial charge on any atom is -0.494 e. The lowest BCUT2D eigenvalue weighted by molar-refractivity contribution is -0.137. The van der Waals surface area contributed by atoms with Gasteiger partial charge in [0.2, 0.25) is 5.91 Å². The van der Waals surface area contributed by atoms with Gasteiger partial charge in [-0.1, -0.05) is 74.4 Å². The van der Waals surface area contributed by atoms with E-state index in [1.807, 2.05) is 37.3 Å². The highest BCUT2D eigenvalue weighted by Gasteiger charge is 2.26. The number of nitrogens with one attached hydrogen (secondary N) is 2. The van der Waals surface area contributed by atoms with Crippen molar-refractivity contribution in [2.45, 2.75) is 45.1 Å². The normalized spacial score (nSPS) is 14.2. The Bertz CT molecular complexity index is 1260. The fraction of sp³-hybridized carbons (Fsp3) is 0.344. The fourth-order valence-electron chi connectivity index (χ4n) is 4.51. The average molecular weight is 529 g/mol. The average Bonchev–Trinajstić information content (AvgIpc) is 3.77. The second-order valence-electron chi connectivity index (χ2n) is 10.2. The number of carbonyl (C=O) groups excluding carboxylic acids is 2. The molecule has 1 aliphatic rings. The fourth-order valence-corrected chi connectivity index (χ4v) is 4.51. The van der Waals surface area contributed by atoms with E-state index in [-0.39, 0.29) is 24.0 Å². The van der Waals surface area contributed by atoms with Crippen molar-refractivity contribution < 1.29 is 24.2 Å². The molecular formula is C32H36N2O5. The lowest BCUT2D eigenvalue weighted by atomic mass is 10.00. The number of hydrogen-bond donors (Lipinski definition) is 3. The van der Waals surface area contributed by atoms with Crippen LogP contribution in [0, 0.1) is 11.8 Å². The summed E-state index contributed by atoms with van der Waals surface area (Å²) in [5.41, 5.74) is 2.27. The molecule has 0 aliphatic heterocycles. The first-order valence-electron chi connectivity index (χ1n) is 13.6. The van der Waals surface area contributed by atoms with Crippen molar-refractivity contribution >= 4 is 23.3 Å². The van der Waals surface area contributed by atoms with Crippen molar-refractivity contribution in [3.8, 4) is 5.75 Å². The highest BCUT2D eigenvalue weighted by atomic mass is 16.5. The summed E-state index contributed by atoms with van der Waals surface area (Å²) in [6.45, 7) is 3.04. The van der Waals surface area contributed by atoms with E-state index in [4.69, 9.17) is 4.74 Å². The summed E-state index contributed by atoms with van der Waals surface area (Å²) in [7, 11) is 0. The third-order valence-electron chi connectivity index (χ3n) is 6.92. The Hall–Kier alpha value is -4.13. The maximum Gasteiger partial charge on any atom is 0.326 e. The molecule has 0 radical (unpaired) electrons. The van der Waals surface area contributed by atoms with Crippen LogP contribution in [0.4, 0.5) is 5.69 Å². The van der Waals surface area contributed by atoms with E-state index in [2.05, 4.69) is 10.6 Å². The molecular weight excluding hydrogens is 492 g/mol. The van der Waals surface area contributed by atoms with Gasteiger partial charge in [0, 0.05) is 35.7 Å². The number of aliphatic carboxylic acids is 1. The number of para-hydroxylation sites is 1. The minimum absolute atomic E-state index is 0.0629. The van der Waals surface area contributed by atoms with E-state index in [1.165, 1.54) is 12.8 Å². The summed E-state index contributed by atoms with van der Waals surface area (Å²) in [5.74, 6) is 0.416. The maximum atomic E-state index is 13.0. The van der Waals surface area contributed by atoms with Gasteiger partial charge in [0.25, 0.3) is 0 Å². The van der Waals surface area contributed by atoms with Crippen molar-refractivity contribution in [2.75, 3.05) is 18.5 Å². The monoisotopic (exact) mass is 528 g/mol. The molecule has 2 atom stereocenters. The Labute approximate surface area is 229 Å². The molecule has 204 valence electrons. The number of ether oxygens (including phenoxy) is 1. The van der Waals surface area contributed by atoms with Crippen LogP contribution in [-0.4, -0.2) is 42.0 Å². The lowest BCUT2D eigenvalue weighted by Gasteiger charge is -2.18. The molecule has 3 aromatic rings. The molecule has 0 spiro atoms. The summed E-state index contributed by atoms with van der Waals surface area (Å²) in [6.07, 6.45) is 4.42. The van der Waals surface area contributed by atoms with E-state index in [0.717, 1.165) is 17.9 Å². The van der Waals surface area contributed by atoms with Gasteiger partial charge in [-0.3, -0.25) is 9.59 Å². The summed E-state index contributed by atoms with van der Waals surface area (Å²) >= 11 is 0. The van der Waals surface area contributed by atoms with Crippen LogP contribution >= 0.6 is 0 Å². The second kappa shape index (κ2) is 13.6. The molecule has 4 rings (SSSR count). The van der Waals surface area contributed by atoms with E-state index in [1.54, 1.807) is 48.5 Å². The lowest BCUT2D eigenvalue weighted by Crippen LogP contribution is -2.32. The standard InChI is InChI=1S/C32H36N2O5/c1-22(20-23-12-13-23)31(36)33-18-7-19-39-26-16-14-24(15-17-26)21-29(32(37)38)34-28-11-6-5-10-27(28)30(35)25-8-3-2-4-9-25/h2-6,8-11,14-17,22-23,29,34H,7,12-13,18-21H2,1H3,(H,33,36)(H,37,38). The van der Waals surface area contributed by atoms with Crippen LogP contribution in [0.1, 0.15) is 54.1 Å². The van der Waals surface area contributed by atoms with Gasteiger partial charge in [-0.05, 0) is 48.6 Å². The van der Waals surface area contributed by atoms with Crippen LogP contribution < -0.4 is 15.4 Å². The molecule has 0 bridgehead atoms. The topological polar surface area (TPSA) is 105 Å². The predicted octanol–water partition coefficient (Wildman–Crippen LogP) is 5.35. The quantitative estimate of drug-likeness (QED) is 0.182. The van der Waals surface area contributed by atoms with Crippen molar-refractivity contribution in [3.63, 3.8) is 0 Å². The molecule has 0 saturated heterocycles. The SMILES string of the molecule is CC(CC1CC1)C(=O)NCCCOc1ccc(CC(Nc2ccccc2C(=O)c2ccccc2)C(=O)O)cc1. The van der Waals surface area contributed by atoms with E-state index in [0.29, 0.717) is 42.1 Å². The molecule has 1 fully saturated rings. The highest BCUT2D eigenvalue weighted by Crippen LogP contribution is 2.35. The molecule has 0 heterocycles. The molecule has 7 heteroatoms. The summed E-state index contributed by atoms with van der Waals surface area (Å²) < 4.78 is 5.79. The Morgan fingerprint density at radius 2 is 1.64 bits per heavy atom.